The summed E-state index contributed by atoms with van der Waals surface area (Å²) in [5, 5.41) is 0. The quantitative estimate of drug-likeness (QED) is 0.155. The first-order valence-electron chi connectivity index (χ1n) is 19.0. The van der Waals surface area contributed by atoms with Crippen molar-refractivity contribution in [2.45, 2.75) is 63.7 Å². The predicted molar refractivity (Wildman–Crippen MR) is 219 cm³/mol. The molecule has 2 unspecified atom stereocenters. The van der Waals surface area contributed by atoms with Crippen molar-refractivity contribution in [2.24, 2.45) is 0 Å². The van der Waals surface area contributed by atoms with Gasteiger partial charge in [-0.2, -0.15) is 0 Å². The van der Waals surface area contributed by atoms with Crippen LogP contribution in [-0.4, -0.2) is 0 Å². The third-order valence-electron chi connectivity index (χ3n) is 12.9. The third kappa shape index (κ3) is 4.67. The molecule has 6 aromatic rings. The van der Waals surface area contributed by atoms with Gasteiger partial charge >= 0.3 is 317 Å². The molecule has 0 saturated carbocycles. The summed E-state index contributed by atoms with van der Waals surface area (Å²) in [6.07, 6.45) is 5.38. The van der Waals surface area contributed by atoms with E-state index in [4.69, 9.17) is 0 Å². The first kappa shape index (κ1) is 33.5. The van der Waals surface area contributed by atoms with E-state index in [0.717, 1.165) is 0 Å². The van der Waals surface area contributed by atoms with Crippen molar-refractivity contribution in [1.82, 2.24) is 0 Å². The standard InChI is InChI=1S/C49H42.2CH3.Hf/c1-31-19-23-39(24-20-31)49(40-25-21-32(2)22-26-40,41-27-37-15-9-17-43(45(37)29-41)47-33(3)11-7-12-34(47)4)42-28-38-16-10-18-44(46(38)30-42)48-35(5)13-8-14-36(48)6;;;/h7-30H,1-6H3;2*1H3;. The van der Waals surface area contributed by atoms with Gasteiger partial charge in [-0.25, -0.2) is 0 Å². The van der Waals surface area contributed by atoms with Gasteiger partial charge in [0, 0.05) is 0 Å². The monoisotopic (exact) mass is 840 g/mol. The summed E-state index contributed by atoms with van der Waals surface area (Å²) in [6.45, 7) is 13.6. The van der Waals surface area contributed by atoms with Crippen LogP contribution >= 0.6 is 0 Å². The molecule has 6 aromatic carbocycles. The summed E-state index contributed by atoms with van der Waals surface area (Å²) < 4.78 is 6.43. The second kappa shape index (κ2) is 12.1. The molecular weight excluding hydrogens is 791 g/mol. The second-order valence-electron chi connectivity index (χ2n) is 16.5. The zero-order valence-electron chi connectivity index (χ0n) is 31.9. The normalized spacial score (nSPS) is 18.9. The number of hydrogen-bond donors (Lipinski definition) is 0. The van der Waals surface area contributed by atoms with Crippen molar-refractivity contribution >= 4 is 12.2 Å². The Morgan fingerprint density at radius 2 is 0.769 bits per heavy atom. The van der Waals surface area contributed by atoms with Crippen LogP contribution in [0.1, 0.15) is 74.1 Å². The summed E-state index contributed by atoms with van der Waals surface area (Å²) in [5.41, 5.74) is 25.1. The molecular formula is C51H48Hf. The Bertz CT molecular complexity index is 2270. The summed E-state index contributed by atoms with van der Waals surface area (Å²) in [5.74, 6) is 0. The molecule has 2 atom stereocenters. The van der Waals surface area contributed by atoms with Gasteiger partial charge in [0.15, 0.2) is 0 Å². The van der Waals surface area contributed by atoms with Crippen LogP contribution in [0.3, 0.4) is 0 Å². The van der Waals surface area contributed by atoms with E-state index in [0.29, 0.717) is 7.35 Å². The van der Waals surface area contributed by atoms with Crippen molar-refractivity contribution < 1.29 is 20.0 Å². The second-order valence-corrected chi connectivity index (χ2v) is 33.8. The van der Waals surface area contributed by atoms with Gasteiger partial charge in [-0.1, -0.05) is 0 Å². The Morgan fingerprint density at radius 1 is 0.423 bits per heavy atom. The fourth-order valence-electron chi connectivity index (χ4n) is 10.7. The minimum absolute atomic E-state index is 0.402. The molecule has 3 aliphatic rings. The Hall–Kier alpha value is -4.33. The van der Waals surface area contributed by atoms with Gasteiger partial charge in [0.25, 0.3) is 0 Å². The van der Waals surface area contributed by atoms with Gasteiger partial charge in [0.2, 0.25) is 0 Å². The Morgan fingerprint density at radius 3 is 1.13 bits per heavy atom. The van der Waals surface area contributed by atoms with Gasteiger partial charge < -0.3 is 0 Å². The third-order valence-corrected chi connectivity index (χ3v) is 28.1. The number of benzene rings is 6. The fraction of sp³-hybridized carbons (Fsp3) is 0.216. The first-order chi connectivity index (χ1) is 25.0. The maximum atomic E-state index is 2.78. The Balaban J connectivity index is 1.43. The summed E-state index contributed by atoms with van der Waals surface area (Å²) in [4.78, 5) is 0. The average Bonchev–Trinajstić information content (AvgIpc) is 3.72. The molecule has 0 bridgehead atoms. The molecule has 1 heteroatoms. The molecule has 1 fully saturated rings. The van der Waals surface area contributed by atoms with Crippen LogP contribution in [0, 0.1) is 41.5 Å². The molecule has 0 aromatic heterocycles. The van der Waals surface area contributed by atoms with Crippen molar-refractivity contribution in [1.29, 1.82) is 0 Å². The number of allylic oxidation sites excluding steroid dienone is 2. The zero-order valence-corrected chi connectivity index (χ0v) is 35.4. The van der Waals surface area contributed by atoms with E-state index in [1.54, 1.807) is 22.3 Å². The van der Waals surface area contributed by atoms with E-state index < -0.39 is 25.4 Å². The van der Waals surface area contributed by atoms with Gasteiger partial charge in [-0.05, 0) is 0 Å². The molecule has 0 radical (unpaired) electrons. The fourth-order valence-corrected chi connectivity index (χ4v) is 27.4. The van der Waals surface area contributed by atoms with Crippen molar-refractivity contribution in [3.05, 3.63) is 199 Å². The van der Waals surface area contributed by atoms with Crippen LogP contribution in [-0.2, 0) is 25.4 Å². The number of fused-ring (bicyclic) bond motifs is 6. The molecule has 256 valence electrons. The van der Waals surface area contributed by atoms with Gasteiger partial charge in [-0.3, -0.25) is 0 Å². The van der Waals surface area contributed by atoms with Crippen LogP contribution in [0.2, 0.25) is 9.36 Å². The predicted octanol–water partition coefficient (Wildman–Crippen LogP) is 13.7. The van der Waals surface area contributed by atoms with E-state index in [2.05, 4.69) is 184 Å². The SMILES string of the molecule is Cc1ccc(C2(c3ccc(C)cc3)C3=Cc4c(-c5c(C)cccc5C)cccc4[CH]3[Hf]([CH3])([CH3])[CH]3C2=Cc2c(-c4c(C)cccc4C)cccc23)cc1. The van der Waals surface area contributed by atoms with E-state index in [9.17, 15) is 0 Å². The number of aryl methyl sites for hydroxylation is 6. The van der Waals surface area contributed by atoms with E-state index >= 15 is 0 Å². The molecule has 1 aliphatic heterocycles. The topological polar surface area (TPSA) is 0 Å². The molecule has 0 spiro atoms. The van der Waals surface area contributed by atoms with Crippen LogP contribution < -0.4 is 0 Å². The summed E-state index contributed by atoms with van der Waals surface area (Å²) >= 11 is -3.41. The van der Waals surface area contributed by atoms with E-state index in [1.807, 2.05) is 0 Å². The van der Waals surface area contributed by atoms with Crippen molar-refractivity contribution in [3.63, 3.8) is 0 Å². The molecule has 0 amide bonds. The van der Waals surface area contributed by atoms with Gasteiger partial charge in [0.05, 0.1) is 0 Å². The molecule has 0 N–H and O–H groups in total. The van der Waals surface area contributed by atoms with Crippen LogP contribution in [0.25, 0.3) is 34.4 Å². The molecule has 9 rings (SSSR count). The average molecular weight is 839 g/mol. The van der Waals surface area contributed by atoms with Crippen LogP contribution in [0.15, 0.2) is 132 Å². The van der Waals surface area contributed by atoms with Crippen molar-refractivity contribution in [2.75, 3.05) is 0 Å². The minimum atomic E-state index is -3.41. The maximum absolute atomic E-state index is 3.41. The molecule has 2 aliphatic carbocycles. The van der Waals surface area contributed by atoms with Gasteiger partial charge in [0.1, 0.15) is 0 Å². The number of rotatable bonds is 4. The van der Waals surface area contributed by atoms with E-state index in [1.165, 1.54) is 77.9 Å². The summed E-state index contributed by atoms with van der Waals surface area (Å²) in [6, 6.07) is 47.2. The van der Waals surface area contributed by atoms with E-state index in [-0.39, 0.29) is 0 Å². The molecule has 0 nitrogen and oxygen atoms in total. The zero-order chi connectivity index (χ0) is 36.1. The number of hydrogen-bond acceptors (Lipinski definition) is 0. The van der Waals surface area contributed by atoms with Crippen LogP contribution in [0.4, 0.5) is 0 Å². The van der Waals surface area contributed by atoms with Crippen molar-refractivity contribution in [3.8, 4) is 22.3 Å². The molecule has 52 heavy (non-hydrogen) atoms. The first-order valence-corrected chi connectivity index (χ1v) is 30.3. The Labute approximate surface area is 315 Å². The van der Waals surface area contributed by atoms with Gasteiger partial charge in [-0.15, -0.1) is 0 Å². The molecule has 1 saturated heterocycles. The molecule has 1 heterocycles. The van der Waals surface area contributed by atoms with Crippen LogP contribution in [0.5, 0.6) is 0 Å². The Kier molecular flexibility index (Phi) is 7.80. The summed E-state index contributed by atoms with van der Waals surface area (Å²) in [7, 11) is 0.